The molecule has 1 saturated heterocycles. The lowest BCUT2D eigenvalue weighted by Crippen LogP contribution is -2.53. The van der Waals surface area contributed by atoms with E-state index in [4.69, 9.17) is 0 Å². The third kappa shape index (κ3) is 6.46. The van der Waals surface area contributed by atoms with Gasteiger partial charge in [0.25, 0.3) is 5.91 Å². The zero-order valence-corrected chi connectivity index (χ0v) is 19.1. The predicted molar refractivity (Wildman–Crippen MR) is 121 cm³/mol. The van der Waals surface area contributed by atoms with E-state index < -0.39 is 53.9 Å². The highest BCUT2D eigenvalue weighted by Crippen LogP contribution is 2.33. The van der Waals surface area contributed by atoms with Gasteiger partial charge in [0.1, 0.15) is 12.1 Å². The molecule has 2 aromatic rings. The average Bonchev–Trinajstić information content (AvgIpc) is 3.18. The Hall–Kier alpha value is -3.69. The fourth-order valence-corrected chi connectivity index (χ4v) is 4.06. The number of likely N-dealkylation sites (N-methyl/N-ethyl adjacent to an activating group) is 1. The van der Waals surface area contributed by atoms with Crippen LogP contribution in [0.5, 0.6) is 0 Å². The Morgan fingerprint density at radius 2 is 1.71 bits per heavy atom. The average molecular weight is 489 g/mol. The van der Waals surface area contributed by atoms with Crippen molar-refractivity contribution in [1.29, 1.82) is 0 Å². The summed E-state index contributed by atoms with van der Waals surface area (Å²) in [6.07, 6.45) is -4.50. The molecule has 35 heavy (non-hydrogen) atoms. The Bertz CT molecular complexity index is 1090. The summed E-state index contributed by atoms with van der Waals surface area (Å²) in [5.41, 5.74) is -0.312. The Morgan fingerprint density at radius 1 is 1.06 bits per heavy atom. The molecule has 0 spiro atoms. The van der Waals surface area contributed by atoms with Crippen LogP contribution < -0.4 is 10.6 Å². The molecule has 0 saturated carbocycles. The van der Waals surface area contributed by atoms with Crippen LogP contribution in [0.25, 0.3) is 0 Å². The molecule has 3 rings (SSSR count). The molecule has 0 bridgehead atoms. The lowest BCUT2D eigenvalue weighted by molar-refractivity contribution is -0.142. The zero-order chi connectivity index (χ0) is 25.6. The SMILES string of the molecule is CCNC(=O)C(=O)C(Cc1ccccc1)NC(=O)[C@H]1CCC(=O)N1Cc1ccccc1C(F)(F)F. The van der Waals surface area contributed by atoms with Crippen LogP contribution in [0.1, 0.15) is 36.5 Å². The van der Waals surface area contributed by atoms with E-state index >= 15 is 0 Å². The van der Waals surface area contributed by atoms with E-state index in [1.54, 1.807) is 37.3 Å². The number of hydrogen-bond acceptors (Lipinski definition) is 4. The molecular formula is C25H26F3N3O4. The molecule has 2 aromatic carbocycles. The summed E-state index contributed by atoms with van der Waals surface area (Å²) in [4.78, 5) is 51.7. The van der Waals surface area contributed by atoms with Crippen molar-refractivity contribution >= 4 is 23.5 Å². The molecule has 3 amide bonds. The minimum atomic E-state index is -4.61. The second kappa shape index (κ2) is 11.2. The maximum absolute atomic E-state index is 13.4. The Morgan fingerprint density at radius 3 is 2.37 bits per heavy atom. The monoisotopic (exact) mass is 489 g/mol. The van der Waals surface area contributed by atoms with Gasteiger partial charge in [-0.3, -0.25) is 19.2 Å². The molecule has 2 atom stereocenters. The second-order valence-corrected chi connectivity index (χ2v) is 8.21. The maximum atomic E-state index is 13.4. The predicted octanol–water partition coefficient (Wildman–Crippen LogP) is 2.63. The van der Waals surface area contributed by atoms with Crippen molar-refractivity contribution in [3.05, 3.63) is 71.3 Å². The van der Waals surface area contributed by atoms with Crippen LogP contribution in [0, 0.1) is 0 Å². The van der Waals surface area contributed by atoms with Crippen molar-refractivity contribution in [3.8, 4) is 0 Å². The van der Waals surface area contributed by atoms with Crippen LogP contribution in [0.4, 0.5) is 13.2 Å². The summed E-state index contributed by atoms with van der Waals surface area (Å²) in [6.45, 7) is 1.47. The normalized spacial score (nSPS) is 16.6. The van der Waals surface area contributed by atoms with Gasteiger partial charge in [-0.15, -0.1) is 0 Å². The van der Waals surface area contributed by atoms with E-state index in [2.05, 4.69) is 10.6 Å². The molecule has 7 nitrogen and oxygen atoms in total. The highest BCUT2D eigenvalue weighted by atomic mass is 19.4. The van der Waals surface area contributed by atoms with Crippen molar-refractivity contribution in [1.82, 2.24) is 15.5 Å². The molecule has 1 unspecified atom stereocenters. The van der Waals surface area contributed by atoms with Gasteiger partial charge in [-0.05, 0) is 30.5 Å². The van der Waals surface area contributed by atoms with Crippen molar-refractivity contribution in [2.45, 2.75) is 51.0 Å². The summed E-state index contributed by atoms with van der Waals surface area (Å²) < 4.78 is 40.3. The Kier molecular flexibility index (Phi) is 8.26. The zero-order valence-electron chi connectivity index (χ0n) is 19.1. The van der Waals surface area contributed by atoms with Crippen molar-refractivity contribution < 1.29 is 32.3 Å². The molecular weight excluding hydrogens is 463 g/mol. The number of halogens is 3. The Labute approximate surface area is 200 Å². The number of Topliss-reactive ketones (excluding diaryl/α,β-unsaturated/α-hetero) is 1. The molecule has 1 aliphatic rings. The van der Waals surface area contributed by atoms with Gasteiger partial charge in [0, 0.05) is 25.9 Å². The van der Waals surface area contributed by atoms with Gasteiger partial charge in [-0.25, -0.2) is 0 Å². The van der Waals surface area contributed by atoms with E-state index in [-0.39, 0.29) is 31.4 Å². The fraction of sp³-hybridized carbons (Fsp3) is 0.360. The lowest BCUT2D eigenvalue weighted by Gasteiger charge is -2.27. The molecule has 1 heterocycles. The molecule has 10 heteroatoms. The van der Waals surface area contributed by atoms with Crippen LogP contribution in [0.2, 0.25) is 0 Å². The van der Waals surface area contributed by atoms with Gasteiger partial charge in [0.2, 0.25) is 17.6 Å². The van der Waals surface area contributed by atoms with E-state index in [1.165, 1.54) is 18.2 Å². The van der Waals surface area contributed by atoms with Gasteiger partial charge in [0.05, 0.1) is 5.56 Å². The molecule has 186 valence electrons. The summed E-state index contributed by atoms with van der Waals surface area (Å²) in [7, 11) is 0. The fourth-order valence-electron chi connectivity index (χ4n) is 4.06. The number of nitrogens with zero attached hydrogens (tertiary/aromatic N) is 1. The number of ketones is 1. The summed E-state index contributed by atoms with van der Waals surface area (Å²) in [6, 6.07) is 11.4. The Balaban J connectivity index is 1.81. The van der Waals surface area contributed by atoms with Crippen LogP contribution in [-0.4, -0.2) is 47.0 Å². The number of carbonyl (C=O) groups is 4. The van der Waals surface area contributed by atoms with Gasteiger partial charge in [-0.2, -0.15) is 13.2 Å². The molecule has 0 aromatic heterocycles. The molecule has 2 N–H and O–H groups in total. The number of likely N-dealkylation sites (tertiary alicyclic amines) is 1. The highest BCUT2D eigenvalue weighted by Gasteiger charge is 2.40. The number of carbonyl (C=O) groups excluding carboxylic acids is 4. The topological polar surface area (TPSA) is 95.6 Å². The highest BCUT2D eigenvalue weighted by molar-refractivity contribution is 6.38. The first kappa shape index (κ1) is 25.9. The number of nitrogens with one attached hydrogen (secondary N) is 2. The molecule has 0 radical (unpaired) electrons. The van der Waals surface area contributed by atoms with E-state index in [0.29, 0.717) is 5.56 Å². The van der Waals surface area contributed by atoms with Gasteiger partial charge in [0.15, 0.2) is 0 Å². The van der Waals surface area contributed by atoms with Crippen molar-refractivity contribution in [3.63, 3.8) is 0 Å². The maximum Gasteiger partial charge on any atom is 0.416 e. The van der Waals surface area contributed by atoms with E-state index in [1.807, 2.05) is 0 Å². The summed E-state index contributed by atoms with van der Waals surface area (Å²) in [5.74, 6) is -2.86. The van der Waals surface area contributed by atoms with Crippen LogP contribution in [0.15, 0.2) is 54.6 Å². The van der Waals surface area contributed by atoms with E-state index in [0.717, 1.165) is 11.0 Å². The molecule has 1 aliphatic heterocycles. The minimum absolute atomic E-state index is 0.0140. The third-order valence-corrected chi connectivity index (χ3v) is 5.77. The first-order chi connectivity index (χ1) is 16.6. The quantitative estimate of drug-likeness (QED) is 0.530. The minimum Gasteiger partial charge on any atom is -0.350 e. The van der Waals surface area contributed by atoms with Crippen LogP contribution in [0.3, 0.4) is 0 Å². The standard InChI is InChI=1S/C25H26F3N3O4/c1-2-29-24(35)22(33)19(14-16-8-4-3-5-9-16)30-23(34)20-12-13-21(32)31(20)15-17-10-6-7-11-18(17)25(26,27)28/h3-11,19-20H,2,12-15H2,1H3,(H,29,35)(H,30,34)/t19?,20-/m1/s1. The summed E-state index contributed by atoms with van der Waals surface area (Å²) in [5, 5.41) is 4.97. The molecule has 0 aliphatic carbocycles. The van der Waals surface area contributed by atoms with Gasteiger partial charge in [-0.1, -0.05) is 48.5 Å². The first-order valence-electron chi connectivity index (χ1n) is 11.2. The van der Waals surface area contributed by atoms with E-state index in [9.17, 15) is 32.3 Å². The van der Waals surface area contributed by atoms with Crippen molar-refractivity contribution in [2.75, 3.05) is 6.54 Å². The largest absolute Gasteiger partial charge is 0.416 e. The van der Waals surface area contributed by atoms with Crippen LogP contribution in [-0.2, 0) is 38.3 Å². The van der Waals surface area contributed by atoms with Gasteiger partial charge >= 0.3 is 6.18 Å². The second-order valence-electron chi connectivity index (χ2n) is 8.21. The number of hydrogen-bond donors (Lipinski definition) is 2. The lowest BCUT2D eigenvalue weighted by atomic mass is 10.0. The smallest absolute Gasteiger partial charge is 0.350 e. The molecule has 1 fully saturated rings. The number of benzene rings is 2. The van der Waals surface area contributed by atoms with Gasteiger partial charge < -0.3 is 15.5 Å². The van der Waals surface area contributed by atoms with Crippen molar-refractivity contribution in [2.24, 2.45) is 0 Å². The van der Waals surface area contributed by atoms with Crippen LogP contribution >= 0.6 is 0 Å². The number of amides is 3. The summed E-state index contributed by atoms with van der Waals surface area (Å²) >= 11 is 0. The number of rotatable bonds is 9. The first-order valence-corrected chi connectivity index (χ1v) is 11.2. The number of alkyl halides is 3. The third-order valence-electron chi connectivity index (χ3n) is 5.77.